The first-order chi connectivity index (χ1) is 6.65. The first-order valence-corrected chi connectivity index (χ1v) is 5.08. The molecule has 3 heteroatoms. The molecule has 0 saturated heterocycles. The summed E-state index contributed by atoms with van der Waals surface area (Å²) in [5.74, 6) is -0.292. The van der Waals surface area contributed by atoms with Gasteiger partial charge in [-0.05, 0) is 19.4 Å². The quantitative estimate of drug-likeness (QED) is 0.613. The molecule has 1 aromatic rings. The van der Waals surface area contributed by atoms with E-state index in [1.54, 1.807) is 6.92 Å². The predicted molar refractivity (Wildman–Crippen MR) is 59.5 cm³/mol. The van der Waals surface area contributed by atoms with Crippen LogP contribution in [0.2, 0.25) is 0 Å². The van der Waals surface area contributed by atoms with E-state index in [0.29, 0.717) is 6.61 Å². The van der Waals surface area contributed by atoms with Crippen LogP contribution in [0.5, 0.6) is 0 Å². The van der Waals surface area contributed by atoms with E-state index in [1.165, 1.54) is 0 Å². The molecule has 76 valence electrons. The average molecular weight is 210 g/mol. The van der Waals surface area contributed by atoms with E-state index in [-0.39, 0.29) is 5.97 Å². The Morgan fingerprint density at radius 2 is 2.00 bits per heavy atom. The maximum atomic E-state index is 11.3. The van der Waals surface area contributed by atoms with Crippen LogP contribution in [0, 0.1) is 6.92 Å². The minimum atomic E-state index is -0.476. The fraction of sp³-hybridized carbons (Fsp3) is 0.364. The number of esters is 1. The van der Waals surface area contributed by atoms with Gasteiger partial charge in [0.15, 0.2) is 0 Å². The predicted octanol–water partition coefficient (Wildman–Crippen LogP) is 2.53. The summed E-state index contributed by atoms with van der Waals surface area (Å²) in [6.45, 7) is 4.18. The lowest BCUT2D eigenvalue weighted by molar-refractivity contribution is -0.142. The van der Waals surface area contributed by atoms with Gasteiger partial charge in [0.2, 0.25) is 0 Å². The first kappa shape index (κ1) is 11.1. The van der Waals surface area contributed by atoms with E-state index in [0.717, 1.165) is 11.1 Å². The number of carbonyl (C=O) groups is 1. The van der Waals surface area contributed by atoms with Gasteiger partial charge in [-0.3, -0.25) is 4.79 Å². The van der Waals surface area contributed by atoms with Gasteiger partial charge in [0.05, 0.1) is 6.61 Å². The van der Waals surface area contributed by atoms with E-state index in [1.807, 2.05) is 31.2 Å². The summed E-state index contributed by atoms with van der Waals surface area (Å²) in [4.78, 5) is 11.3. The van der Waals surface area contributed by atoms with Crippen molar-refractivity contribution in [3.63, 3.8) is 0 Å². The number of carbonyl (C=O) groups excluding carboxylic acids is 1. The average Bonchev–Trinajstić information content (AvgIpc) is 2.18. The van der Waals surface area contributed by atoms with Crippen LogP contribution >= 0.6 is 12.6 Å². The Balaban J connectivity index is 2.73. The van der Waals surface area contributed by atoms with Gasteiger partial charge in [0, 0.05) is 0 Å². The molecule has 0 amide bonds. The Kier molecular flexibility index (Phi) is 4.01. The lowest BCUT2D eigenvalue weighted by Gasteiger charge is -2.09. The van der Waals surface area contributed by atoms with Crippen molar-refractivity contribution in [1.82, 2.24) is 0 Å². The zero-order valence-corrected chi connectivity index (χ0v) is 9.25. The van der Waals surface area contributed by atoms with Crippen molar-refractivity contribution in [2.75, 3.05) is 6.61 Å². The summed E-state index contributed by atoms with van der Waals surface area (Å²) in [6, 6.07) is 7.70. The molecule has 0 aromatic heterocycles. The second-order valence-electron chi connectivity index (χ2n) is 3.07. The first-order valence-electron chi connectivity index (χ1n) is 4.56. The molecule has 0 radical (unpaired) electrons. The molecular formula is C11H14O2S. The molecule has 0 heterocycles. The topological polar surface area (TPSA) is 26.3 Å². The van der Waals surface area contributed by atoms with E-state index < -0.39 is 5.25 Å². The monoisotopic (exact) mass is 210 g/mol. The number of hydrogen-bond acceptors (Lipinski definition) is 3. The summed E-state index contributed by atoms with van der Waals surface area (Å²) in [5.41, 5.74) is 2.04. The number of hydrogen-bond donors (Lipinski definition) is 1. The standard InChI is InChI=1S/C11H14O2S/c1-3-13-11(12)10(14)9-6-4-8(2)5-7-9/h4-7,10,14H,3H2,1-2H3. The van der Waals surface area contributed by atoms with E-state index >= 15 is 0 Å². The molecule has 0 saturated carbocycles. The van der Waals surface area contributed by atoms with Crippen LogP contribution in [0.25, 0.3) is 0 Å². The smallest absolute Gasteiger partial charge is 0.323 e. The van der Waals surface area contributed by atoms with Gasteiger partial charge in [0.1, 0.15) is 5.25 Å². The van der Waals surface area contributed by atoms with Crippen molar-refractivity contribution in [2.24, 2.45) is 0 Å². The highest BCUT2D eigenvalue weighted by Gasteiger charge is 2.16. The second kappa shape index (κ2) is 5.05. The summed E-state index contributed by atoms with van der Waals surface area (Å²) < 4.78 is 4.87. The SMILES string of the molecule is CCOC(=O)C(S)c1ccc(C)cc1. The molecule has 0 aliphatic carbocycles. The lowest BCUT2D eigenvalue weighted by atomic mass is 10.1. The molecule has 1 rings (SSSR count). The summed E-state index contributed by atoms with van der Waals surface area (Å²) >= 11 is 4.21. The highest BCUT2D eigenvalue weighted by molar-refractivity contribution is 7.81. The van der Waals surface area contributed by atoms with Gasteiger partial charge in [-0.15, -0.1) is 0 Å². The van der Waals surface area contributed by atoms with Crippen molar-refractivity contribution >= 4 is 18.6 Å². The van der Waals surface area contributed by atoms with Crippen molar-refractivity contribution < 1.29 is 9.53 Å². The molecule has 1 aromatic carbocycles. The number of rotatable bonds is 3. The minimum Gasteiger partial charge on any atom is -0.465 e. The van der Waals surface area contributed by atoms with Crippen LogP contribution < -0.4 is 0 Å². The zero-order valence-electron chi connectivity index (χ0n) is 8.36. The number of aryl methyl sites for hydroxylation is 1. The molecule has 0 bridgehead atoms. The van der Waals surface area contributed by atoms with Crippen LogP contribution in [0.4, 0.5) is 0 Å². The van der Waals surface area contributed by atoms with Crippen LogP contribution in [0.1, 0.15) is 23.3 Å². The summed E-state index contributed by atoms with van der Waals surface area (Å²) in [6.07, 6.45) is 0. The van der Waals surface area contributed by atoms with Gasteiger partial charge in [0.25, 0.3) is 0 Å². The highest BCUT2D eigenvalue weighted by atomic mass is 32.1. The van der Waals surface area contributed by atoms with Crippen molar-refractivity contribution in [3.05, 3.63) is 35.4 Å². The van der Waals surface area contributed by atoms with Crippen LogP contribution in [-0.2, 0) is 9.53 Å². The Labute approximate surface area is 89.7 Å². The molecule has 0 aliphatic rings. The Morgan fingerprint density at radius 1 is 1.43 bits per heavy atom. The van der Waals surface area contributed by atoms with Crippen molar-refractivity contribution in [1.29, 1.82) is 0 Å². The minimum absolute atomic E-state index is 0.292. The van der Waals surface area contributed by atoms with Crippen LogP contribution in [-0.4, -0.2) is 12.6 Å². The van der Waals surface area contributed by atoms with Gasteiger partial charge in [-0.25, -0.2) is 0 Å². The molecule has 0 aliphatic heterocycles. The van der Waals surface area contributed by atoms with Gasteiger partial charge < -0.3 is 4.74 Å². The van der Waals surface area contributed by atoms with Crippen molar-refractivity contribution in [3.8, 4) is 0 Å². The normalized spacial score (nSPS) is 12.2. The molecular weight excluding hydrogens is 196 g/mol. The van der Waals surface area contributed by atoms with Gasteiger partial charge in [-0.2, -0.15) is 12.6 Å². The second-order valence-corrected chi connectivity index (χ2v) is 3.58. The zero-order chi connectivity index (χ0) is 10.6. The maximum Gasteiger partial charge on any atom is 0.323 e. The number of benzene rings is 1. The molecule has 14 heavy (non-hydrogen) atoms. The third-order valence-corrected chi connectivity index (χ3v) is 2.41. The third kappa shape index (κ3) is 2.77. The lowest BCUT2D eigenvalue weighted by Crippen LogP contribution is -2.11. The molecule has 0 N–H and O–H groups in total. The Hall–Kier alpha value is -0.960. The van der Waals surface area contributed by atoms with Crippen molar-refractivity contribution in [2.45, 2.75) is 19.1 Å². The van der Waals surface area contributed by atoms with E-state index in [2.05, 4.69) is 12.6 Å². The fourth-order valence-electron chi connectivity index (χ4n) is 1.11. The summed E-state index contributed by atoms with van der Waals surface area (Å²) in [7, 11) is 0. The fourth-order valence-corrected chi connectivity index (χ4v) is 1.35. The number of ether oxygens (including phenoxy) is 1. The van der Waals surface area contributed by atoms with Gasteiger partial charge >= 0.3 is 5.97 Å². The molecule has 2 nitrogen and oxygen atoms in total. The Bertz CT molecular complexity index is 306. The maximum absolute atomic E-state index is 11.3. The molecule has 1 unspecified atom stereocenters. The third-order valence-electron chi connectivity index (χ3n) is 1.90. The van der Waals surface area contributed by atoms with E-state index in [9.17, 15) is 4.79 Å². The molecule has 0 fully saturated rings. The van der Waals surface area contributed by atoms with Gasteiger partial charge in [-0.1, -0.05) is 29.8 Å². The molecule has 1 atom stereocenters. The van der Waals surface area contributed by atoms with Crippen LogP contribution in [0.3, 0.4) is 0 Å². The van der Waals surface area contributed by atoms with Crippen LogP contribution in [0.15, 0.2) is 24.3 Å². The number of thiol groups is 1. The highest BCUT2D eigenvalue weighted by Crippen LogP contribution is 2.21. The Morgan fingerprint density at radius 3 is 2.50 bits per heavy atom. The summed E-state index contributed by atoms with van der Waals surface area (Å²) in [5, 5.41) is -0.476. The molecule has 0 spiro atoms. The largest absolute Gasteiger partial charge is 0.465 e. The van der Waals surface area contributed by atoms with E-state index in [4.69, 9.17) is 4.74 Å².